The number of benzene rings is 1. The lowest BCUT2D eigenvalue weighted by Gasteiger charge is -2.30. The molecule has 1 fully saturated rings. The summed E-state index contributed by atoms with van der Waals surface area (Å²) in [5.41, 5.74) is 7.32. The molecule has 0 atom stereocenters. The summed E-state index contributed by atoms with van der Waals surface area (Å²) in [5, 5.41) is 4.00. The highest BCUT2D eigenvalue weighted by molar-refractivity contribution is 6.00. The molecule has 30 heavy (non-hydrogen) atoms. The molecule has 2 amide bonds. The molecule has 1 aliphatic rings. The molecule has 3 heterocycles. The first-order valence-corrected chi connectivity index (χ1v) is 9.67. The van der Waals surface area contributed by atoms with Crippen LogP contribution in [0.1, 0.15) is 40.9 Å². The van der Waals surface area contributed by atoms with Gasteiger partial charge in [-0.2, -0.15) is 5.10 Å². The molecule has 0 unspecified atom stereocenters. The van der Waals surface area contributed by atoms with Crippen LogP contribution < -0.4 is 5.73 Å². The van der Waals surface area contributed by atoms with E-state index in [1.807, 2.05) is 19.1 Å². The predicted molar refractivity (Wildman–Crippen MR) is 106 cm³/mol. The van der Waals surface area contributed by atoms with Gasteiger partial charge in [0.25, 0.3) is 12.3 Å². The van der Waals surface area contributed by atoms with Gasteiger partial charge in [0.2, 0.25) is 5.91 Å². The van der Waals surface area contributed by atoms with Crippen molar-refractivity contribution in [2.45, 2.75) is 26.2 Å². The summed E-state index contributed by atoms with van der Waals surface area (Å²) in [4.78, 5) is 30.5. The number of primary amides is 1. The van der Waals surface area contributed by atoms with Crippen LogP contribution in [-0.2, 0) is 4.79 Å². The summed E-state index contributed by atoms with van der Waals surface area (Å²) in [6.07, 6.45) is -0.556. The van der Waals surface area contributed by atoms with Crippen LogP contribution in [0.25, 0.3) is 16.9 Å². The summed E-state index contributed by atoms with van der Waals surface area (Å²) < 4.78 is 28.4. The Morgan fingerprint density at radius 3 is 2.43 bits per heavy atom. The van der Waals surface area contributed by atoms with Gasteiger partial charge >= 0.3 is 0 Å². The van der Waals surface area contributed by atoms with Crippen LogP contribution in [0.15, 0.2) is 36.5 Å². The molecule has 7 nitrogen and oxygen atoms in total. The number of carbonyl (C=O) groups is 2. The second-order valence-corrected chi connectivity index (χ2v) is 7.50. The van der Waals surface area contributed by atoms with E-state index in [0.29, 0.717) is 37.2 Å². The minimum atomic E-state index is -2.78. The number of hydrogen-bond acceptors (Lipinski definition) is 4. The van der Waals surface area contributed by atoms with Gasteiger partial charge in [-0.15, -0.1) is 0 Å². The molecule has 0 saturated carbocycles. The average molecular weight is 413 g/mol. The van der Waals surface area contributed by atoms with E-state index in [1.54, 1.807) is 17.0 Å². The molecule has 0 bridgehead atoms. The highest BCUT2D eigenvalue weighted by Crippen LogP contribution is 2.28. The van der Waals surface area contributed by atoms with Crippen LogP contribution in [-0.4, -0.2) is 44.4 Å². The fraction of sp³-hybridized carbons (Fsp3) is 0.333. The SMILES string of the molecule is Cc1ccc(-c2cc(C(F)F)n3ncc(C(=O)N4CCC(C(N)=O)CC4)c3n2)cc1. The minimum Gasteiger partial charge on any atom is -0.369 e. The fourth-order valence-corrected chi connectivity index (χ4v) is 3.70. The molecular formula is C21H21F2N5O2. The lowest BCUT2D eigenvalue weighted by Crippen LogP contribution is -2.41. The first-order chi connectivity index (χ1) is 14.3. The van der Waals surface area contributed by atoms with E-state index in [-0.39, 0.29) is 34.6 Å². The van der Waals surface area contributed by atoms with Crippen molar-refractivity contribution < 1.29 is 18.4 Å². The Morgan fingerprint density at radius 2 is 1.83 bits per heavy atom. The number of halogens is 2. The number of likely N-dealkylation sites (tertiary alicyclic amines) is 1. The van der Waals surface area contributed by atoms with E-state index in [2.05, 4.69) is 10.1 Å². The largest absolute Gasteiger partial charge is 0.369 e. The summed E-state index contributed by atoms with van der Waals surface area (Å²) in [6.45, 7) is 2.66. The van der Waals surface area contributed by atoms with Crippen molar-refractivity contribution in [1.82, 2.24) is 19.5 Å². The predicted octanol–water partition coefficient (Wildman–Crippen LogP) is 2.98. The Labute approximate surface area is 171 Å². The summed E-state index contributed by atoms with van der Waals surface area (Å²) in [7, 11) is 0. The number of fused-ring (bicyclic) bond motifs is 1. The zero-order valence-corrected chi connectivity index (χ0v) is 16.4. The Morgan fingerprint density at radius 1 is 1.17 bits per heavy atom. The third-order valence-electron chi connectivity index (χ3n) is 5.49. The number of carbonyl (C=O) groups excluding carboxylic acids is 2. The second kappa shape index (κ2) is 7.81. The van der Waals surface area contributed by atoms with Crippen molar-refractivity contribution in [1.29, 1.82) is 0 Å². The van der Waals surface area contributed by atoms with E-state index in [0.717, 1.165) is 10.1 Å². The maximum absolute atomic E-state index is 13.7. The summed E-state index contributed by atoms with van der Waals surface area (Å²) in [6, 6.07) is 8.64. The lowest BCUT2D eigenvalue weighted by molar-refractivity contribution is -0.123. The maximum atomic E-state index is 13.7. The number of aryl methyl sites for hydroxylation is 1. The summed E-state index contributed by atoms with van der Waals surface area (Å²) >= 11 is 0. The number of nitrogens with two attached hydrogens (primary N) is 1. The van der Waals surface area contributed by atoms with Crippen LogP contribution in [0.5, 0.6) is 0 Å². The third kappa shape index (κ3) is 3.62. The van der Waals surface area contributed by atoms with Crippen molar-refractivity contribution >= 4 is 17.5 Å². The number of rotatable bonds is 4. The van der Waals surface area contributed by atoms with Gasteiger partial charge in [-0.05, 0) is 25.8 Å². The first-order valence-electron chi connectivity index (χ1n) is 9.67. The van der Waals surface area contributed by atoms with Gasteiger partial charge in [-0.25, -0.2) is 18.3 Å². The molecule has 2 aromatic heterocycles. The fourth-order valence-electron chi connectivity index (χ4n) is 3.70. The smallest absolute Gasteiger partial charge is 0.280 e. The molecule has 4 rings (SSSR count). The second-order valence-electron chi connectivity index (χ2n) is 7.50. The van der Waals surface area contributed by atoms with Crippen molar-refractivity contribution in [3.63, 3.8) is 0 Å². The molecule has 1 aromatic carbocycles. The molecular weight excluding hydrogens is 392 g/mol. The van der Waals surface area contributed by atoms with Crippen LogP contribution in [0, 0.1) is 12.8 Å². The molecule has 1 saturated heterocycles. The van der Waals surface area contributed by atoms with E-state index < -0.39 is 6.43 Å². The molecule has 0 aliphatic carbocycles. The van der Waals surface area contributed by atoms with Gasteiger partial charge in [-0.1, -0.05) is 29.8 Å². The molecule has 0 radical (unpaired) electrons. The summed E-state index contributed by atoms with van der Waals surface area (Å²) in [5.74, 6) is -0.972. The third-order valence-corrected chi connectivity index (χ3v) is 5.49. The normalized spacial score (nSPS) is 15.1. The van der Waals surface area contributed by atoms with Gasteiger partial charge in [-0.3, -0.25) is 9.59 Å². The average Bonchev–Trinajstić information content (AvgIpc) is 3.17. The van der Waals surface area contributed by atoms with E-state index in [1.165, 1.54) is 12.3 Å². The van der Waals surface area contributed by atoms with Crippen molar-refractivity contribution in [3.05, 3.63) is 53.3 Å². The number of nitrogens with zero attached hydrogens (tertiary/aromatic N) is 4. The van der Waals surface area contributed by atoms with Crippen LogP contribution in [0.4, 0.5) is 8.78 Å². The Balaban J connectivity index is 1.73. The van der Waals surface area contributed by atoms with Crippen LogP contribution in [0.3, 0.4) is 0 Å². The zero-order chi connectivity index (χ0) is 21.4. The maximum Gasteiger partial charge on any atom is 0.280 e. The quantitative estimate of drug-likeness (QED) is 0.712. The Bertz CT molecular complexity index is 1100. The highest BCUT2D eigenvalue weighted by atomic mass is 19.3. The number of aromatic nitrogens is 3. The number of hydrogen-bond donors (Lipinski definition) is 1. The molecule has 156 valence electrons. The molecule has 3 aromatic rings. The number of piperidine rings is 1. The highest BCUT2D eigenvalue weighted by Gasteiger charge is 2.29. The van der Waals surface area contributed by atoms with Crippen molar-refractivity contribution in [2.24, 2.45) is 11.7 Å². The van der Waals surface area contributed by atoms with Crippen molar-refractivity contribution in [2.75, 3.05) is 13.1 Å². The standard InChI is InChI=1S/C21H21F2N5O2/c1-12-2-4-13(5-3-12)16-10-17(18(22)23)28-20(26-16)15(11-25-28)21(30)27-8-6-14(7-9-27)19(24)29/h2-5,10-11,14,18H,6-9H2,1H3,(H2,24,29). The molecule has 0 spiro atoms. The van der Waals surface area contributed by atoms with E-state index in [9.17, 15) is 18.4 Å². The number of amides is 2. The minimum absolute atomic E-state index is 0.0883. The van der Waals surface area contributed by atoms with Gasteiger partial charge < -0.3 is 10.6 Å². The van der Waals surface area contributed by atoms with Gasteiger partial charge in [0.1, 0.15) is 11.3 Å². The van der Waals surface area contributed by atoms with E-state index in [4.69, 9.17) is 5.73 Å². The molecule has 1 aliphatic heterocycles. The van der Waals surface area contributed by atoms with E-state index >= 15 is 0 Å². The zero-order valence-electron chi connectivity index (χ0n) is 16.4. The lowest BCUT2D eigenvalue weighted by atomic mass is 9.96. The van der Waals surface area contributed by atoms with Gasteiger partial charge in [0.05, 0.1) is 11.9 Å². The monoisotopic (exact) mass is 413 g/mol. The Hall–Kier alpha value is -3.36. The topological polar surface area (TPSA) is 93.6 Å². The molecule has 2 N–H and O–H groups in total. The Kier molecular flexibility index (Phi) is 5.19. The van der Waals surface area contributed by atoms with Crippen LogP contribution >= 0.6 is 0 Å². The first kappa shape index (κ1) is 19.9. The van der Waals surface area contributed by atoms with Gasteiger partial charge in [0, 0.05) is 24.6 Å². The van der Waals surface area contributed by atoms with Crippen molar-refractivity contribution in [3.8, 4) is 11.3 Å². The molecule has 9 heteroatoms. The van der Waals surface area contributed by atoms with Gasteiger partial charge in [0.15, 0.2) is 5.65 Å². The van der Waals surface area contributed by atoms with Crippen LogP contribution in [0.2, 0.25) is 0 Å². The number of alkyl halides is 2.